The summed E-state index contributed by atoms with van der Waals surface area (Å²) in [6, 6.07) is -1.87. The van der Waals surface area contributed by atoms with Gasteiger partial charge in [-0.15, -0.1) is 0 Å². The molecular weight excluding hydrogens is 254 g/mol. The van der Waals surface area contributed by atoms with Gasteiger partial charge in [0, 0.05) is 0 Å². The zero-order valence-electron chi connectivity index (χ0n) is 10.6. The molecule has 0 bridgehead atoms. The molecule has 1 aliphatic heterocycles. The van der Waals surface area contributed by atoms with Gasteiger partial charge in [0.15, 0.2) is 0 Å². The van der Waals surface area contributed by atoms with Gasteiger partial charge in [-0.1, -0.05) is 13.3 Å². The third kappa shape index (κ3) is 3.16. The average Bonchev–Trinajstić information content (AvgIpc) is 2.59. The molecule has 6 nitrogen and oxygen atoms in total. The van der Waals surface area contributed by atoms with E-state index < -0.39 is 24.0 Å². The van der Waals surface area contributed by atoms with Gasteiger partial charge in [0.1, 0.15) is 12.1 Å². The van der Waals surface area contributed by atoms with Crippen LogP contribution in [0.15, 0.2) is 0 Å². The third-order valence-electron chi connectivity index (χ3n) is 2.86. The summed E-state index contributed by atoms with van der Waals surface area (Å²) >= 11 is 1.60. The molecule has 0 aliphatic carbocycles. The number of nitrogens with two attached hydrogens (primary N) is 1. The van der Waals surface area contributed by atoms with E-state index in [1.165, 1.54) is 0 Å². The molecule has 1 aliphatic rings. The van der Waals surface area contributed by atoms with Gasteiger partial charge in [-0.25, -0.2) is 9.69 Å². The number of amides is 4. The molecule has 18 heavy (non-hydrogen) atoms. The van der Waals surface area contributed by atoms with Gasteiger partial charge in [0.25, 0.3) is 5.91 Å². The number of rotatable bonds is 7. The number of primary amides is 1. The monoisotopic (exact) mass is 273 g/mol. The second kappa shape index (κ2) is 6.63. The van der Waals surface area contributed by atoms with Crippen LogP contribution in [0.4, 0.5) is 4.79 Å². The Bertz CT molecular complexity index is 348. The molecule has 2 atom stereocenters. The third-order valence-corrected chi connectivity index (χ3v) is 3.51. The first-order valence-corrected chi connectivity index (χ1v) is 7.34. The van der Waals surface area contributed by atoms with E-state index >= 15 is 0 Å². The quantitative estimate of drug-likeness (QED) is 0.653. The number of imide groups is 1. The van der Waals surface area contributed by atoms with Crippen LogP contribution < -0.4 is 11.1 Å². The second-order valence-electron chi connectivity index (χ2n) is 4.20. The Morgan fingerprint density at radius 2 is 2.22 bits per heavy atom. The molecule has 1 unspecified atom stereocenters. The molecule has 102 valence electrons. The molecule has 3 N–H and O–H groups in total. The lowest BCUT2D eigenvalue weighted by molar-refractivity contribution is -0.134. The van der Waals surface area contributed by atoms with E-state index in [0.717, 1.165) is 10.7 Å². The fourth-order valence-electron chi connectivity index (χ4n) is 1.95. The molecule has 0 aromatic carbocycles. The number of nitrogens with one attached hydrogen (secondary N) is 1. The maximum atomic E-state index is 12.1. The van der Waals surface area contributed by atoms with Crippen molar-refractivity contribution < 1.29 is 14.4 Å². The highest BCUT2D eigenvalue weighted by Crippen LogP contribution is 2.17. The van der Waals surface area contributed by atoms with Crippen LogP contribution in [0, 0.1) is 0 Å². The molecule has 1 fully saturated rings. The SMILES string of the molecule is CCCC(C(N)=O)N1C(=O)N[C@@H](CCSC)C1=O. The van der Waals surface area contributed by atoms with E-state index in [9.17, 15) is 14.4 Å². The summed E-state index contributed by atoms with van der Waals surface area (Å²) in [5.74, 6) is -0.198. The minimum absolute atomic E-state index is 0.341. The number of carbonyl (C=O) groups is 3. The van der Waals surface area contributed by atoms with Crippen LogP contribution in [-0.4, -0.2) is 46.8 Å². The summed E-state index contributed by atoms with van der Waals surface area (Å²) in [5.41, 5.74) is 5.26. The van der Waals surface area contributed by atoms with Crippen LogP contribution in [0.1, 0.15) is 26.2 Å². The van der Waals surface area contributed by atoms with Crippen molar-refractivity contribution in [3.05, 3.63) is 0 Å². The van der Waals surface area contributed by atoms with E-state index in [2.05, 4.69) is 5.32 Å². The van der Waals surface area contributed by atoms with Crippen molar-refractivity contribution in [1.29, 1.82) is 0 Å². The summed E-state index contributed by atoms with van der Waals surface area (Å²) in [4.78, 5) is 36.1. The molecule has 0 aromatic heterocycles. The average molecular weight is 273 g/mol. The summed E-state index contributed by atoms with van der Waals surface area (Å²) in [6.45, 7) is 1.87. The Hall–Kier alpha value is -1.24. The van der Waals surface area contributed by atoms with Gasteiger partial charge in [-0.05, 0) is 24.9 Å². The van der Waals surface area contributed by atoms with E-state index in [1.54, 1.807) is 11.8 Å². The molecule has 1 saturated heterocycles. The van der Waals surface area contributed by atoms with Crippen LogP contribution in [0.2, 0.25) is 0 Å². The van der Waals surface area contributed by atoms with Crippen molar-refractivity contribution in [2.45, 2.75) is 38.3 Å². The van der Waals surface area contributed by atoms with Crippen molar-refractivity contribution in [2.24, 2.45) is 5.73 Å². The molecule has 0 radical (unpaired) electrons. The molecule has 0 saturated carbocycles. The molecule has 0 spiro atoms. The topological polar surface area (TPSA) is 92.5 Å². The molecule has 1 rings (SSSR count). The van der Waals surface area contributed by atoms with E-state index in [4.69, 9.17) is 5.73 Å². The number of urea groups is 1. The number of carbonyl (C=O) groups excluding carboxylic acids is 3. The number of nitrogens with zero attached hydrogens (tertiary/aromatic N) is 1. The Morgan fingerprint density at radius 1 is 1.56 bits per heavy atom. The standard InChI is InChI=1S/C11H19N3O3S/c1-3-4-8(9(12)15)14-10(16)7(5-6-18-2)13-11(14)17/h7-8H,3-6H2,1-2H3,(H2,12,15)(H,13,17)/t7-,8?/m0/s1. The predicted molar refractivity (Wildman–Crippen MR) is 70.1 cm³/mol. The first kappa shape index (κ1) is 14.8. The molecule has 0 aromatic rings. The maximum Gasteiger partial charge on any atom is 0.325 e. The van der Waals surface area contributed by atoms with Crippen LogP contribution in [-0.2, 0) is 9.59 Å². The second-order valence-corrected chi connectivity index (χ2v) is 5.18. The summed E-state index contributed by atoms with van der Waals surface area (Å²) in [5, 5.41) is 2.60. The van der Waals surface area contributed by atoms with Crippen LogP contribution in [0.25, 0.3) is 0 Å². The molecule has 1 heterocycles. The van der Waals surface area contributed by atoms with Gasteiger partial charge in [0.05, 0.1) is 0 Å². The van der Waals surface area contributed by atoms with Crippen molar-refractivity contribution in [2.75, 3.05) is 12.0 Å². The van der Waals surface area contributed by atoms with Gasteiger partial charge < -0.3 is 11.1 Å². The zero-order chi connectivity index (χ0) is 13.7. The van der Waals surface area contributed by atoms with Crippen LogP contribution >= 0.6 is 11.8 Å². The van der Waals surface area contributed by atoms with Crippen LogP contribution in [0.3, 0.4) is 0 Å². The normalized spacial score (nSPS) is 21.0. The van der Waals surface area contributed by atoms with Crippen LogP contribution in [0.5, 0.6) is 0 Å². The van der Waals surface area contributed by atoms with Gasteiger partial charge in [-0.3, -0.25) is 9.59 Å². The van der Waals surface area contributed by atoms with E-state index in [1.807, 2.05) is 13.2 Å². The largest absolute Gasteiger partial charge is 0.368 e. The fraction of sp³-hybridized carbons (Fsp3) is 0.727. The Balaban J connectivity index is 2.78. The van der Waals surface area contributed by atoms with Crippen molar-refractivity contribution in [3.63, 3.8) is 0 Å². The Kier molecular flexibility index (Phi) is 5.46. The number of thioether (sulfide) groups is 1. The van der Waals surface area contributed by atoms with Crippen molar-refractivity contribution in [3.8, 4) is 0 Å². The lowest BCUT2D eigenvalue weighted by Gasteiger charge is -2.21. The van der Waals surface area contributed by atoms with Gasteiger partial charge in [-0.2, -0.15) is 11.8 Å². The zero-order valence-corrected chi connectivity index (χ0v) is 11.5. The van der Waals surface area contributed by atoms with Gasteiger partial charge in [0.2, 0.25) is 5.91 Å². The fourth-order valence-corrected chi connectivity index (χ4v) is 2.42. The highest BCUT2D eigenvalue weighted by Gasteiger charge is 2.43. The van der Waals surface area contributed by atoms with Gasteiger partial charge >= 0.3 is 6.03 Å². The number of hydrogen-bond acceptors (Lipinski definition) is 4. The predicted octanol–water partition coefficient (Wildman–Crippen LogP) is 0.314. The smallest absolute Gasteiger partial charge is 0.325 e. The Labute approximate surface area is 111 Å². The van der Waals surface area contributed by atoms with Crippen molar-refractivity contribution >= 4 is 29.6 Å². The first-order chi connectivity index (χ1) is 8.52. The number of hydrogen-bond donors (Lipinski definition) is 2. The van der Waals surface area contributed by atoms with E-state index in [0.29, 0.717) is 19.3 Å². The summed E-state index contributed by atoms with van der Waals surface area (Å²) in [7, 11) is 0. The van der Waals surface area contributed by atoms with Crippen molar-refractivity contribution in [1.82, 2.24) is 10.2 Å². The van der Waals surface area contributed by atoms with E-state index in [-0.39, 0.29) is 5.91 Å². The minimum Gasteiger partial charge on any atom is -0.368 e. The minimum atomic E-state index is -0.832. The lowest BCUT2D eigenvalue weighted by atomic mass is 10.1. The highest BCUT2D eigenvalue weighted by molar-refractivity contribution is 7.98. The summed E-state index contributed by atoms with van der Waals surface area (Å²) < 4.78 is 0. The highest BCUT2D eigenvalue weighted by atomic mass is 32.2. The summed E-state index contributed by atoms with van der Waals surface area (Å²) in [6.07, 6.45) is 3.59. The maximum absolute atomic E-state index is 12.1. The molecule has 4 amide bonds. The molecular formula is C11H19N3O3S. The lowest BCUT2D eigenvalue weighted by Crippen LogP contribution is -2.48. The first-order valence-electron chi connectivity index (χ1n) is 5.94. The molecule has 7 heteroatoms. The Morgan fingerprint density at radius 3 is 2.72 bits per heavy atom.